The Hall–Kier alpha value is -0.940. The summed E-state index contributed by atoms with van der Waals surface area (Å²) >= 11 is 9.37. The normalized spacial score (nSPS) is 21.4. The summed E-state index contributed by atoms with van der Waals surface area (Å²) < 4.78 is 6.11. The molecule has 0 saturated heterocycles. The lowest BCUT2D eigenvalue weighted by atomic mass is 9.86. The molecule has 1 aromatic carbocycles. The smallest absolute Gasteiger partial charge is 0.407 e. The Morgan fingerprint density at radius 3 is 2.57 bits per heavy atom. The number of hydrogen-bond acceptors (Lipinski definition) is 3. The van der Waals surface area contributed by atoms with E-state index < -0.39 is 5.60 Å². The molecule has 1 fully saturated rings. The van der Waals surface area contributed by atoms with Crippen LogP contribution in [0.2, 0.25) is 5.02 Å². The maximum atomic E-state index is 11.6. The minimum atomic E-state index is -0.457. The highest BCUT2D eigenvalue weighted by Crippen LogP contribution is 2.29. The third kappa shape index (κ3) is 5.08. The molecule has 1 aliphatic carbocycles. The Morgan fingerprint density at radius 1 is 1.33 bits per heavy atom. The summed E-state index contributed by atoms with van der Waals surface area (Å²) in [7, 11) is 0. The van der Waals surface area contributed by atoms with E-state index in [1.54, 1.807) is 0 Å². The van der Waals surface area contributed by atoms with Crippen LogP contribution >= 0.6 is 27.5 Å². The molecule has 0 aliphatic heterocycles. The monoisotopic (exact) mass is 374 g/mol. The van der Waals surface area contributed by atoms with Gasteiger partial charge in [-0.25, -0.2) is 4.79 Å². The van der Waals surface area contributed by atoms with Crippen molar-refractivity contribution < 1.29 is 9.53 Å². The number of rotatable bonds is 3. The van der Waals surface area contributed by atoms with Crippen molar-refractivity contribution in [2.75, 3.05) is 5.32 Å². The van der Waals surface area contributed by atoms with Gasteiger partial charge in [0.15, 0.2) is 0 Å². The Kier molecular flexibility index (Phi) is 5.04. The van der Waals surface area contributed by atoms with E-state index in [1.165, 1.54) is 0 Å². The van der Waals surface area contributed by atoms with Crippen LogP contribution in [0.25, 0.3) is 0 Å². The van der Waals surface area contributed by atoms with Crippen molar-refractivity contribution >= 4 is 39.3 Å². The number of nitrogens with one attached hydrogen (secondary N) is 2. The Morgan fingerprint density at radius 2 is 2.00 bits per heavy atom. The molecule has 2 N–H and O–H groups in total. The number of carbonyl (C=O) groups excluding carboxylic acids is 1. The van der Waals surface area contributed by atoms with Crippen molar-refractivity contribution in [1.82, 2.24) is 5.32 Å². The number of alkyl carbamates (subject to hydrolysis) is 1. The van der Waals surface area contributed by atoms with Crippen LogP contribution in [0.4, 0.5) is 10.5 Å². The number of ether oxygens (including phenoxy) is 1. The summed E-state index contributed by atoms with van der Waals surface area (Å²) in [6.45, 7) is 5.57. The van der Waals surface area contributed by atoms with Gasteiger partial charge in [0.2, 0.25) is 0 Å². The first kappa shape index (κ1) is 16.4. The van der Waals surface area contributed by atoms with E-state index in [2.05, 4.69) is 26.6 Å². The van der Waals surface area contributed by atoms with Crippen LogP contribution in [-0.4, -0.2) is 23.8 Å². The summed E-state index contributed by atoms with van der Waals surface area (Å²) in [6, 6.07) is 6.29. The van der Waals surface area contributed by atoms with Crippen molar-refractivity contribution in [3.8, 4) is 0 Å². The van der Waals surface area contributed by atoms with Gasteiger partial charge in [0.25, 0.3) is 0 Å². The zero-order chi connectivity index (χ0) is 15.6. The van der Waals surface area contributed by atoms with E-state index in [9.17, 15) is 4.79 Å². The summed E-state index contributed by atoms with van der Waals surface area (Å²) in [5.41, 5.74) is 0.563. The third-order valence-electron chi connectivity index (χ3n) is 3.15. The summed E-state index contributed by atoms with van der Waals surface area (Å²) in [5.74, 6) is 0. The van der Waals surface area contributed by atoms with E-state index in [4.69, 9.17) is 16.3 Å². The highest BCUT2D eigenvalue weighted by Gasteiger charge is 2.31. The highest BCUT2D eigenvalue weighted by molar-refractivity contribution is 9.10. The Bertz CT molecular complexity index is 525. The van der Waals surface area contributed by atoms with Crippen molar-refractivity contribution in [1.29, 1.82) is 0 Å². The predicted octanol–water partition coefficient (Wildman–Crippen LogP) is 4.57. The molecule has 116 valence electrons. The van der Waals surface area contributed by atoms with Gasteiger partial charge in [0, 0.05) is 22.2 Å². The Labute approximate surface area is 138 Å². The molecule has 21 heavy (non-hydrogen) atoms. The molecular weight excluding hydrogens is 356 g/mol. The second kappa shape index (κ2) is 6.44. The van der Waals surface area contributed by atoms with Crippen LogP contribution in [0.1, 0.15) is 33.6 Å². The van der Waals surface area contributed by atoms with Gasteiger partial charge in [0.1, 0.15) is 5.60 Å². The van der Waals surface area contributed by atoms with Gasteiger partial charge in [-0.2, -0.15) is 0 Å². The van der Waals surface area contributed by atoms with E-state index in [0.29, 0.717) is 11.1 Å². The minimum absolute atomic E-state index is 0.174. The number of halogens is 2. The lowest BCUT2D eigenvalue weighted by Crippen LogP contribution is -2.50. The van der Waals surface area contributed by atoms with Crippen molar-refractivity contribution in [3.05, 3.63) is 27.7 Å². The molecule has 2 rings (SSSR count). The molecule has 1 aliphatic rings. The van der Waals surface area contributed by atoms with Gasteiger partial charge in [0.05, 0.1) is 5.02 Å². The summed E-state index contributed by atoms with van der Waals surface area (Å²) in [5, 5.41) is 6.99. The van der Waals surface area contributed by atoms with Crippen LogP contribution in [-0.2, 0) is 4.74 Å². The molecule has 0 radical (unpaired) electrons. The topological polar surface area (TPSA) is 50.4 Å². The van der Waals surface area contributed by atoms with E-state index in [-0.39, 0.29) is 12.1 Å². The average Bonchev–Trinajstić information content (AvgIpc) is 2.28. The van der Waals surface area contributed by atoms with Gasteiger partial charge >= 0.3 is 6.09 Å². The zero-order valence-corrected chi connectivity index (χ0v) is 14.7. The van der Waals surface area contributed by atoms with Gasteiger partial charge in [-0.05, 0) is 67.7 Å². The first-order valence-electron chi connectivity index (χ1n) is 6.94. The lowest BCUT2D eigenvalue weighted by Gasteiger charge is -2.37. The van der Waals surface area contributed by atoms with Gasteiger partial charge in [-0.1, -0.05) is 11.6 Å². The molecular formula is C15H20BrClN2O2. The first-order valence-corrected chi connectivity index (χ1v) is 8.11. The minimum Gasteiger partial charge on any atom is -0.444 e. The highest BCUT2D eigenvalue weighted by atomic mass is 79.9. The quantitative estimate of drug-likeness (QED) is 0.813. The molecule has 1 aromatic rings. The number of amides is 1. The first-order chi connectivity index (χ1) is 9.73. The second-order valence-corrected chi connectivity index (χ2v) is 7.55. The molecule has 0 heterocycles. The predicted molar refractivity (Wildman–Crippen MR) is 89.0 cm³/mol. The molecule has 0 spiro atoms. The number of benzene rings is 1. The lowest BCUT2D eigenvalue weighted by molar-refractivity contribution is 0.0475. The van der Waals surface area contributed by atoms with Crippen molar-refractivity contribution in [2.24, 2.45) is 0 Å². The van der Waals surface area contributed by atoms with Crippen molar-refractivity contribution in [2.45, 2.75) is 51.3 Å². The van der Waals surface area contributed by atoms with Crippen LogP contribution in [0.3, 0.4) is 0 Å². The standard InChI is InChI=1S/C15H20BrClN2O2/c1-15(2,3)21-14(20)19-11-6-10(7-11)18-9-4-5-13(17)12(16)8-9/h4-5,8,10-11,18H,6-7H2,1-3H3,(H,19,20). The summed E-state index contributed by atoms with van der Waals surface area (Å²) in [4.78, 5) is 11.6. The average molecular weight is 376 g/mol. The molecule has 1 amide bonds. The number of anilines is 1. The van der Waals surface area contributed by atoms with Crippen LogP contribution in [0.5, 0.6) is 0 Å². The maximum Gasteiger partial charge on any atom is 0.407 e. The van der Waals surface area contributed by atoms with Crippen LogP contribution < -0.4 is 10.6 Å². The van der Waals surface area contributed by atoms with E-state index in [0.717, 1.165) is 23.0 Å². The molecule has 4 nitrogen and oxygen atoms in total. The van der Waals surface area contributed by atoms with Crippen LogP contribution in [0.15, 0.2) is 22.7 Å². The largest absolute Gasteiger partial charge is 0.444 e. The fraction of sp³-hybridized carbons (Fsp3) is 0.533. The fourth-order valence-electron chi connectivity index (χ4n) is 2.15. The summed E-state index contributed by atoms with van der Waals surface area (Å²) in [6.07, 6.45) is 1.43. The molecule has 0 aromatic heterocycles. The number of carbonyl (C=O) groups is 1. The number of hydrogen-bond donors (Lipinski definition) is 2. The van der Waals surface area contributed by atoms with Gasteiger partial charge in [-0.15, -0.1) is 0 Å². The third-order valence-corrected chi connectivity index (χ3v) is 4.36. The zero-order valence-electron chi connectivity index (χ0n) is 12.4. The SMILES string of the molecule is CC(C)(C)OC(=O)NC1CC(Nc2ccc(Cl)c(Br)c2)C1. The molecule has 0 unspecified atom stereocenters. The maximum absolute atomic E-state index is 11.6. The van der Waals surface area contributed by atoms with Crippen LogP contribution in [0, 0.1) is 0 Å². The van der Waals surface area contributed by atoms with E-state index in [1.807, 2.05) is 39.0 Å². The second-order valence-electron chi connectivity index (χ2n) is 6.28. The fourth-order valence-corrected chi connectivity index (χ4v) is 2.65. The Balaban J connectivity index is 1.74. The van der Waals surface area contributed by atoms with E-state index >= 15 is 0 Å². The molecule has 0 atom stereocenters. The molecule has 6 heteroatoms. The van der Waals surface area contributed by atoms with Gasteiger partial charge in [-0.3, -0.25) is 0 Å². The molecule has 1 saturated carbocycles. The van der Waals surface area contributed by atoms with Gasteiger partial charge < -0.3 is 15.4 Å². The van der Waals surface area contributed by atoms with Crippen molar-refractivity contribution in [3.63, 3.8) is 0 Å². The molecule has 0 bridgehead atoms.